The third kappa shape index (κ3) is 3.47. The van der Waals surface area contributed by atoms with Crippen molar-refractivity contribution in [3.05, 3.63) is 70.7 Å². The zero-order valence-electron chi connectivity index (χ0n) is 13.5. The Kier molecular flexibility index (Phi) is 5.20. The monoisotopic (exact) mass is 340 g/mol. The van der Waals surface area contributed by atoms with E-state index in [1.165, 1.54) is 5.56 Å². The van der Waals surface area contributed by atoms with Crippen molar-refractivity contribution in [2.75, 3.05) is 13.2 Å². The molecule has 0 saturated carbocycles. The van der Waals surface area contributed by atoms with Crippen LogP contribution >= 0.6 is 11.6 Å². The lowest BCUT2D eigenvalue weighted by molar-refractivity contribution is 0.0600. The van der Waals surface area contributed by atoms with Gasteiger partial charge in [0, 0.05) is 24.2 Å². The highest BCUT2D eigenvalue weighted by molar-refractivity contribution is 6.30. The summed E-state index contributed by atoms with van der Waals surface area (Å²) in [6.45, 7) is 1.61. The number of aliphatic hydroxyl groups excluding tert-OH is 1. The van der Waals surface area contributed by atoms with Gasteiger partial charge in [-0.2, -0.15) is 5.26 Å². The van der Waals surface area contributed by atoms with Gasteiger partial charge in [0.15, 0.2) is 0 Å². The minimum atomic E-state index is -0.509. The summed E-state index contributed by atoms with van der Waals surface area (Å²) < 4.78 is 0. The number of halogens is 1. The molecule has 1 heterocycles. The fourth-order valence-electron chi connectivity index (χ4n) is 3.55. The molecule has 0 bridgehead atoms. The van der Waals surface area contributed by atoms with Gasteiger partial charge in [-0.3, -0.25) is 4.90 Å². The fraction of sp³-hybridized carbons (Fsp3) is 0.350. The minimum Gasteiger partial charge on any atom is -0.395 e. The van der Waals surface area contributed by atoms with Gasteiger partial charge >= 0.3 is 0 Å². The average Bonchev–Trinajstić information content (AvgIpc) is 2.65. The molecule has 3 rings (SSSR count). The van der Waals surface area contributed by atoms with Crippen LogP contribution in [-0.2, 0) is 12.0 Å². The quantitative estimate of drug-likeness (QED) is 0.921. The molecule has 0 radical (unpaired) electrons. The van der Waals surface area contributed by atoms with Crippen LogP contribution in [0.15, 0.2) is 54.6 Å². The Labute approximate surface area is 148 Å². The molecule has 2 aromatic rings. The number of benzene rings is 2. The van der Waals surface area contributed by atoms with Crippen LogP contribution in [0.3, 0.4) is 0 Å². The van der Waals surface area contributed by atoms with E-state index in [1.807, 2.05) is 54.6 Å². The third-order valence-electron chi connectivity index (χ3n) is 4.98. The molecule has 0 spiro atoms. The van der Waals surface area contributed by atoms with Crippen LogP contribution < -0.4 is 0 Å². The number of nitriles is 1. The van der Waals surface area contributed by atoms with Crippen molar-refractivity contribution in [2.24, 2.45) is 0 Å². The summed E-state index contributed by atoms with van der Waals surface area (Å²) >= 11 is 5.94. The predicted octanol–water partition coefficient (Wildman–Crippen LogP) is 3.76. The first-order chi connectivity index (χ1) is 11.7. The van der Waals surface area contributed by atoms with Crippen LogP contribution in [0.4, 0.5) is 0 Å². The largest absolute Gasteiger partial charge is 0.395 e. The average molecular weight is 341 g/mol. The number of aliphatic hydroxyl groups is 1. The van der Waals surface area contributed by atoms with Crippen molar-refractivity contribution in [1.82, 2.24) is 4.90 Å². The van der Waals surface area contributed by atoms with Crippen LogP contribution in [0, 0.1) is 11.3 Å². The first-order valence-electron chi connectivity index (χ1n) is 8.23. The molecule has 3 nitrogen and oxygen atoms in total. The zero-order chi connectivity index (χ0) is 17.0. The molecule has 124 valence electrons. The fourth-order valence-corrected chi connectivity index (χ4v) is 3.67. The van der Waals surface area contributed by atoms with E-state index in [2.05, 4.69) is 11.0 Å². The second-order valence-electron chi connectivity index (χ2n) is 6.45. The lowest BCUT2D eigenvalue weighted by atomic mass is 9.71. The maximum atomic E-state index is 9.89. The van der Waals surface area contributed by atoms with Crippen molar-refractivity contribution in [3.63, 3.8) is 0 Å². The van der Waals surface area contributed by atoms with Crippen LogP contribution in [0.5, 0.6) is 0 Å². The number of likely N-dealkylation sites (tertiary alicyclic amines) is 1. The van der Waals surface area contributed by atoms with E-state index in [0.29, 0.717) is 6.42 Å². The molecule has 1 aliphatic heterocycles. The maximum absolute atomic E-state index is 9.89. The van der Waals surface area contributed by atoms with Crippen LogP contribution in [-0.4, -0.2) is 29.2 Å². The molecule has 4 heteroatoms. The maximum Gasteiger partial charge on any atom is 0.0850 e. The molecule has 24 heavy (non-hydrogen) atoms. The minimum absolute atomic E-state index is 0.0192. The van der Waals surface area contributed by atoms with Crippen LogP contribution in [0.2, 0.25) is 5.02 Å². The molecule has 0 amide bonds. The first kappa shape index (κ1) is 17.0. The van der Waals surface area contributed by atoms with Crippen molar-refractivity contribution in [2.45, 2.75) is 30.8 Å². The molecular formula is C20H21ClN2O. The molecule has 1 fully saturated rings. The Hall–Kier alpha value is -1.86. The van der Waals surface area contributed by atoms with Gasteiger partial charge in [-0.1, -0.05) is 54.1 Å². The second kappa shape index (κ2) is 7.36. The summed E-state index contributed by atoms with van der Waals surface area (Å²) in [6, 6.07) is 20.3. The highest BCUT2D eigenvalue weighted by Crippen LogP contribution is 2.38. The lowest BCUT2D eigenvalue weighted by Crippen LogP contribution is -2.49. The molecule has 1 N–H and O–H groups in total. The van der Waals surface area contributed by atoms with E-state index in [4.69, 9.17) is 11.6 Å². The van der Waals surface area contributed by atoms with Gasteiger partial charge in [-0.25, -0.2) is 0 Å². The summed E-state index contributed by atoms with van der Waals surface area (Å²) in [7, 11) is 0. The molecule has 0 aliphatic carbocycles. The highest BCUT2D eigenvalue weighted by Gasteiger charge is 2.41. The van der Waals surface area contributed by atoms with Gasteiger partial charge in [0.1, 0.15) is 0 Å². The molecule has 2 atom stereocenters. The van der Waals surface area contributed by atoms with Crippen LogP contribution in [0.25, 0.3) is 0 Å². The molecule has 1 aliphatic rings. The Morgan fingerprint density at radius 2 is 1.88 bits per heavy atom. The SMILES string of the molecule is N#C[C@]1(c2ccccc2)CCN(Cc2ccc(Cl)cc2)[C@@H](CO)C1. The second-order valence-corrected chi connectivity index (χ2v) is 6.88. The Bertz CT molecular complexity index is 711. The number of nitrogens with zero attached hydrogens (tertiary/aromatic N) is 2. The van der Waals surface area contributed by atoms with E-state index in [-0.39, 0.29) is 12.6 Å². The molecule has 1 saturated heterocycles. The first-order valence-corrected chi connectivity index (χ1v) is 8.61. The van der Waals surface area contributed by atoms with E-state index in [0.717, 1.165) is 30.1 Å². The Morgan fingerprint density at radius 1 is 1.17 bits per heavy atom. The summed E-state index contributed by atoms with van der Waals surface area (Å²) in [5.41, 5.74) is 1.71. The van der Waals surface area contributed by atoms with Gasteiger partial charge in [0.25, 0.3) is 0 Å². The van der Waals surface area contributed by atoms with Gasteiger partial charge in [-0.05, 0) is 36.1 Å². The molecule has 0 aromatic heterocycles. The summed E-state index contributed by atoms with van der Waals surface area (Å²) in [4.78, 5) is 2.27. The van der Waals surface area contributed by atoms with Gasteiger partial charge < -0.3 is 5.11 Å². The number of hydrogen-bond donors (Lipinski definition) is 1. The van der Waals surface area contributed by atoms with E-state index in [1.54, 1.807) is 0 Å². The Morgan fingerprint density at radius 3 is 2.50 bits per heavy atom. The normalized spacial score (nSPS) is 24.5. The van der Waals surface area contributed by atoms with Crippen molar-refractivity contribution >= 4 is 11.6 Å². The Balaban J connectivity index is 1.78. The van der Waals surface area contributed by atoms with E-state index in [9.17, 15) is 10.4 Å². The van der Waals surface area contributed by atoms with E-state index < -0.39 is 5.41 Å². The smallest absolute Gasteiger partial charge is 0.0850 e. The summed E-state index contributed by atoms with van der Waals surface area (Å²) in [5, 5.41) is 20.5. The topological polar surface area (TPSA) is 47.3 Å². The zero-order valence-corrected chi connectivity index (χ0v) is 14.3. The summed E-state index contributed by atoms with van der Waals surface area (Å²) in [6.07, 6.45) is 1.43. The van der Waals surface area contributed by atoms with Gasteiger partial charge in [0.2, 0.25) is 0 Å². The molecular weight excluding hydrogens is 320 g/mol. The number of piperidine rings is 1. The van der Waals surface area contributed by atoms with Crippen molar-refractivity contribution in [1.29, 1.82) is 5.26 Å². The number of hydrogen-bond acceptors (Lipinski definition) is 3. The van der Waals surface area contributed by atoms with Crippen molar-refractivity contribution in [3.8, 4) is 6.07 Å². The van der Waals surface area contributed by atoms with Gasteiger partial charge in [-0.15, -0.1) is 0 Å². The van der Waals surface area contributed by atoms with Crippen LogP contribution in [0.1, 0.15) is 24.0 Å². The number of rotatable bonds is 4. The van der Waals surface area contributed by atoms with Gasteiger partial charge in [0.05, 0.1) is 18.1 Å². The third-order valence-corrected chi connectivity index (χ3v) is 5.23. The van der Waals surface area contributed by atoms with E-state index >= 15 is 0 Å². The molecule has 2 aromatic carbocycles. The standard InChI is InChI=1S/C20H21ClN2O/c21-18-8-6-16(7-9-18)13-23-11-10-20(15-22,12-19(23)14-24)17-4-2-1-3-5-17/h1-9,19,24H,10-14H2/t19-,20+/m1/s1. The summed E-state index contributed by atoms with van der Waals surface area (Å²) in [5.74, 6) is 0. The van der Waals surface area contributed by atoms with Crippen molar-refractivity contribution < 1.29 is 5.11 Å². The lowest BCUT2D eigenvalue weighted by Gasteiger charge is -2.43. The highest BCUT2D eigenvalue weighted by atomic mass is 35.5. The molecule has 0 unspecified atom stereocenters. The predicted molar refractivity (Wildman–Crippen MR) is 95.7 cm³/mol.